The van der Waals surface area contributed by atoms with Gasteiger partial charge in [-0.15, -0.1) is 0 Å². The largest absolute Gasteiger partial charge is 0.482 e. The summed E-state index contributed by atoms with van der Waals surface area (Å²) in [7, 11) is 1.75. The van der Waals surface area contributed by atoms with Crippen LogP contribution in [0, 0.1) is 0 Å². The molecule has 1 saturated heterocycles. The van der Waals surface area contributed by atoms with Crippen molar-refractivity contribution in [2.24, 2.45) is 0 Å². The van der Waals surface area contributed by atoms with Gasteiger partial charge >= 0.3 is 5.97 Å². The van der Waals surface area contributed by atoms with Gasteiger partial charge in [0.2, 0.25) is 0 Å². The van der Waals surface area contributed by atoms with Crippen molar-refractivity contribution >= 4 is 5.97 Å². The highest BCUT2D eigenvalue weighted by atomic mass is 16.5. The first-order chi connectivity index (χ1) is 12.7. The Hall–Kier alpha value is -2.44. The van der Waals surface area contributed by atoms with Gasteiger partial charge < -0.3 is 14.6 Å². The van der Waals surface area contributed by atoms with Crippen molar-refractivity contribution in [3.05, 3.63) is 48.3 Å². The number of benzene rings is 1. The summed E-state index contributed by atoms with van der Waals surface area (Å²) in [5.74, 6) is -0.371. The summed E-state index contributed by atoms with van der Waals surface area (Å²) in [5.41, 5.74) is 3.03. The van der Waals surface area contributed by atoms with Gasteiger partial charge in [-0.2, -0.15) is 0 Å². The fourth-order valence-electron chi connectivity index (χ4n) is 3.29. The fourth-order valence-corrected chi connectivity index (χ4v) is 3.29. The monoisotopic (exact) mass is 356 g/mol. The molecule has 3 rings (SSSR count). The number of ether oxygens (including phenoxy) is 2. The van der Waals surface area contributed by atoms with E-state index in [2.05, 4.69) is 16.0 Å². The van der Waals surface area contributed by atoms with Gasteiger partial charge in [-0.3, -0.25) is 9.88 Å². The lowest BCUT2D eigenvalue weighted by molar-refractivity contribution is -0.139. The quantitative estimate of drug-likeness (QED) is 0.822. The minimum atomic E-state index is -0.982. The zero-order valence-corrected chi connectivity index (χ0v) is 14.9. The highest BCUT2D eigenvalue weighted by molar-refractivity contribution is 5.69. The molecule has 2 heterocycles. The summed E-state index contributed by atoms with van der Waals surface area (Å²) < 4.78 is 11.0. The molecule has 0 amide bonds. The van der Waals surface area contributed by atoms with Crippen molar-refractivity contribution in [1.29, 1.82) is 0 Å². The van der Waals surface area contributed by atoms with E-state index in [1.807, 2.05) is 30.5 Å². The van der Waals surface area contributed by atoms with E-state index in [9.17, 15) is 4.79 Å². The van der Waals surface area contributed by atoms with Crippen LogP contribution in [0.25, 0.3) is 11.1 Å². The SMILES string of the molecule is COC1CCCN(Cc2cc(-c3cccnc3)ccc2OCC(=O)O)C1. The Morgan fingerprint density at radius 1 is 1.35 bits per heavy atom. The molecule has 1 aromatic heterocycles. The van der Waals surface area contributed by atoms with Gasteiger partial charge in [-0.05, 0) is 43.1 Å². The highest BCUT2D eigenvalue weighted by Crippen LogP contribution is 2.28. The summed E-state index contributed by atoms with van der Waals surface area (Å²) in [6.07, 6.45) is 5.97. The number of piperidine rings is 1. The maximum atomic E-state index is 10.9. The maximum absolute atomic E-state index is 10.9. The first-order valence-electron chi connectivity index (χ1n) is 8.79. The van der Waals surface area contributed by atoms with Crippen molar-refractivity contribution in [3.63, 3.8) is 0 Å². The van der Waals surface area contributed by atoms with Gasteiger partial charge in [0.05, 0.1) is 6.10 Å². The summed E-state index contributed by atoms with van der Waals surface area (Å²) >= 11 is 0. The third-order valence-corrected chi connectivity index (χ3v) is 4.60. The van der Waals surface area contributed by atoms with Gasteiger partial charge in [0.1, 0.15) is 5.75 Å². The Bertz CT molecular complexity index is 736. The molecular formula is C20H24N2O4. The Morgan fingerprint density at radius 2 is 2.23 bits per heavy atom. The predicted molar refractivity (Wildman–Crippen MR) is 98.1 cm³/mol. The number of carboxylic acid groups (broad SMARTS) is 1. The third-order valence-electron chi connectivity index (χ3n) is 4.60. The van der Waals surface area contributed by atoms with Crippen LogP contribution in [-0.2, 0) is 16.1 Å². The molecule has 6 heteroatoms. The average molecular weight is 356 g/mol. The number of methoxy groups -OCH3 is 1. The van der Waals surface area contributed by atoms with Crippen molar-refractivity contribution in [1.82, 2.24) is 9.88 Å². The molecule has 1 aromatic carbocycles. The average Bonchev–Trinajstić information content (AvgIpc) is 2.67. The van der Waals surface area contributed by atoms with Crippen LogP contribution >= 0.6 is 0 Å². The van der Waals surface area contributed by atoms with E-state index in [0.29, 0.717) is 12.3 Å². The van der Waals surface area contributed by atoms with E-state index in [1.54, 1.807) is 13.3 Å². The summed E-state index contributed by atoms with van der Waals surface area (Å²) in [4.78, 5) is 17.4. The second-order valence-electron chi connectivity index (χ2n) is 6.48. The van der Waals surface area contributed by atoms with Gasteiger partial charge in [-0.1, -0.05) is 12.1 Å². The van der Waals surface area contributed by atoms with Crippen LogP contribution in [-0.4, -0.2) is 53.9 Å². The molecule has 1 aliphatic rings. The van der Waals surface area contributed by atoms with Crippen molar-refractivity contribution in [3.8, 4) is 16.9 Å². The van der Waals surface area contributed by atoms with Crippen molar-refractivity contribution in [2.45, 2.75) is 25.5 Å². The predicted octanol–water partition coefficient (Wildman–Crippen LogP) is 2.82. The first kappa shape index (κ1) is 18.4. The molecule has 0 aliphatic carbocycles. The lowest BCUT2D eigenvalue weighted by Crippen LogP contribution is -2.38. The van der Waals surface area contributed by atoms with Crippen LogP contribution in [0.5, 0.6) is 5.75 Å². The van der Waals surface area contributed by atoms with E-state index < -0.39 is 5.97 Å². The van der Waals surface area contributed by atoms with Crippen LogP contribution in [0.4, 0.5) is 0 Å². The van der Waals surface area contributed by atoms with Gasteiger partial charge in [0, 0.05) is 43.7 Å². The van der Waals surface area contributed by atoms with Crippen LogP contribution in [0.15, 0.2) is 42.7 Å². The van der Waals surface area contributed by atoms with Gasteiger partial charge in [0.15, 0.2) is 6.61 Å². The Balaban J connectivity index is 1.84. The van der Waals surface area contributed by atoms with E-state index in [1.165, 1.54) is 0 Å². The van der Waals surface area contributed by atoms with Crippen molar-refractivity contribution in [2.75, 3.05) is 26.8 Å². The normalized spacial score (nSPS) is 17.8. The molecule has 1 fully saturated rings. The molecule has 2 aromatic rings. The molecule has 0 bridgehead atoms. The zero-order chi connectivity index (χ0) is 18.4. The van der Waals surface area contributed by atoms with E-state index in [0.717, 1.165) is 42.6 Å². The molecule has 1 aliphatic heterocycles. The van der Waals surface area contributed by atoms with Crippen LogP contribution in [0.2, 0.25) is 0 Å². The van der Waals surface area contributed by atoms with E-state index in [-0.39, 0.29) is 12.7 Å². The topological polar surface area (TPSA) is 71.9 Å². The molecule has 1 unspecified atom stereocenters. The minimum Gasteiger partial charge on any atom is -0.482 e. The number of hydrogen-bond acceptors (Lipinski definition) is 5. The highest BCUT2D eigenvalue weighted by Gasteiger charge is 2.21. The molecule has 1 N–H and O–H groups in total. The van der Waals surface area contributed by atoms with E-state index in [4.69, 9.17) is 14.6 Å². The fraction of sp³-hybridized carbons (Fsp3) is 0.400. The second-order valence-corrected chi connectivity index (χ2v) is 6.48. The molecule has 0 radical (unpaired) electrons. The summed E-state index contributed by atoms with van der Waals surface area (Å²) in [6, 6.07) is 9.75. The number of carboxylic acids is 1. The van der Waals surface area contributed by atoms with Gasteiger partial charge in [-0.25, -0.2) is 4.79 Å². The second kappa shape index (κ2) is 8.78. The lowest BCUT2D eigenvalue weighted by Gasteiger charge is -2.32. The Labute approximate surface area is 153 Å². The van der Waals surface area contributed by atoms with E-state index >= 15 is 0 Å². The number of pyridine rings is 1. The Kier molecular flexibility index (Phi) is 6.20. The smallest absolute Gasteiger partial charge is 0.341 e. The van der Waals surface area contributed by atoms with Crippen LogP contribution in [0.3, 0.4) is 0 Å². The number of likely N-dealkylation sites (tertiary alicyclic amines) is 1. The number of carbonyl (C=O) groups is 1. The molecule has 0 saturated carbocycles. The zero-order valence-electron chi connectivity index (χ0n) is 14.9. The minimum absolute atomic E-state index is 0.244. The molecule has 6 nitrogen and oxygen atoms in total. The number of nitrogens with zero attached hydrogens (tertiary/aromatic N) is 2. The van der Waals surface area contributed by atoms with Crippen LogP contribution in [0.1, 0.15) is 18.4 Å². The Morgan fingerprint density at radius 3 is 2.96 bits per heavy atom. The molecule has 1 atom stereocenters. The number of hydrogen-bond donors (Lipinski definition) is 1. The molecule has 138 valence electrons. The third kappa shape index (κ3) is 4.80. The van der Waals surface area contributed by atoms with Crippen LogP contribution < -0.4 is 4.74 Å². The molecular weight excluding hydrogens is 332 g/mol. The van der Waals surface area contributed by atoms with Gasteiger partial charge in [0.25, 0.3) is 0 Å². The number of rotatable bonds is 7. The first-order valence-corrected chi connectivity index (χ1v) is 8.79. The maximum Gasteiger partial charge on any atom is 0.341 e. The summed E-state index contributed by atoms with van der Waals surface area (Å²) in [6.45, 7) is 2.21. The summed E-state index contributed by atoms with van der Waals surface area (Å²) in [5, 5.41) is 8.93. The van der Waals surface area contributed by atoms with Crippen molar-refractivity contribution < 1.29 is 19.4 Å². The number of aromatic nitrogens is 1. The lowest BCUT2D eigenvalue weighted by atomic mass is 10.0. The number of aliphatic carboxylic acids is 1. The standard InChI is InChI=1S/C20H24N2O4/c1-25-18-5-3-9-22(13-18)12-17-10-15(16-4-2-8-21-11-16)6-7-19(17)26-14-20(23)24/h2,4,6-8,10-11,18H,3,5,9,12-14H2,1H3,(H,23,24). The molecule has 26 heavy (non-hydrogen) atoms. The molecule has 0 spiro atoms.